The van der Waals surface area contributed by atoms with Gasteiger partial charge in [-0.15, -0.1) is 0 Å². The third kappa shape index (κ3) is 49.6. The van der Waals surface area contributed by atoms with Gasteiger partial charge in [0.1, 0.15) is 0 Å². The first-order valence-electron chi connectivity index (χ1n) is 28.1. The first-order valence-corrected chi connectivity index (χ1v) is 28.1. The zero-order chi connectivity index (χ0) is 45.8. The predicted molar refractivity (Wildman–Crippen MR) is 273 cm³/mol. The first kappa shape index (κ1) is 61.3. The zero-order valence-electron chi connectivity index (χ0n) is 42.3. The number of esters is 1. The van der Waals surface area contributed by atoms with E-state index < -0.39 is 12.1 Å². The molecule has 372 valence electrons. The van der Waals surface area contributed by atoms with Crippen molar-refractivity contribution in [3.8, 4) is 0 Å². The van der Waals surface area contributed by atoms with E-state index >= 15 is 0 Å². The topological polar surface area (TPSA) is 95.9 Å². The Morgan fingerprint density at radius 2 is 0.746 bits per heavy atom. The molecule has 0 aliphatic heterocycles. The van der Waals surface area contributed by atoms with Crippen LogP contribution in [0.1, 0.15) is 303 Å². The number of hydrogen-bond acceptors (Lipinski definition) is 5. The molecule has 0 aromatic heterocycles. The van der Waals surface area contributed by atoms with Crippen LogP contribution in [0, 0.1) is 0 Å². The number of aliphatic hydroxyl groups excluding tert-OH is 2. The van der Waals surface area contributed by atoms with E-state index in [1.807, 2.05) is 6.08 Å². The van der Waals surface area contributed by atoms with Gasteiger partial charge in [-0.25, -0.2) is 0 Å². The van der Waals surface area contributed by atoms with Gasteiger partial charge in [-0.2, -0.15) is 0 Å². The van der Waals surface area contributed by atoms with Gasteiger partial charge in [-0.05, 0) is 57.8 Å². The molecule has 6 nitrogen and oxygen atoms in total. The van der Waals surface area contributed by atoms with Crippen LogP contribution in [0.25, 0.3) is 0 Å². The van der Waals surface area contributed by atoms with Crippen LogP contribution in [-0.2, 0) is 14.3 Å². The summed E-state index contributed by atoms with van der Waals surface area (Å²) in [7, 11) is 0. The number of rotatable bonds is 52. The Labute approximate surface area is 392 Å². The van der Waals surface area contributed by atoms with Crippen molar-refractivity contribution in [3.63, 3.8) is 0 Å². The predicted octanol–water partition coefficient (Wildman–Crippen LogP) is 17.1. The largest absolute Gasteiger partial charge is 0.466 e. The lowest BCUT2D eigenvalue weighted by molar-refractivity contribution is -0.143. The highest BCUT2D eigenvalue weighted by Crippen LogP contribution is 2.16. The lowest BCUT2D eigenvalue weighted by atomic mass is 10.0. The van der Waals surface area contributed by atoms with Gasteiger partial charge in [0.05, 0.1) is 25.4 Å². The molecule has 1 amide bonds. The Morgan fingerprint density at radius 3 is 1.13 bits per heavy atom. The van der Waals surface area contributed by atoms with Gasteiger partial charge in [-0.3, -0.25) is 9.59 Å². The highest BCUT2D eigenvalue weighted by molar-refractivity contribution is 5.76. The fourth-order valence-corrected chi connectivity index (χ4v) is 8.63. The number of unbranched alkanes of at least 4 members (excludes halogenated alkanes) is 39. The summed E-state index contributed by atoms with van der Waals surface area (Å²) in [6.45, 7) is 4.86. The molecule has 0 heterocycles. The van der Waals surface area contributed by atoms with Gasteiger partial charge in [0.2, 0.25) is 5.91 Å². The van der Waals surface area contributed by atoms with E-state index in [-0.39, 0.29) is 18.5 Å². The Kier molecular flexibility index (Phi) is 51.6. The van der Waals surface area contributed by atoms with Crippen molar-refractivity contribution in [3.05, 3.63) is 24.3 Å². The fourth-order valence-electron chi connectivity index (χ4n) is 8.63. The van der Waals surface area contributed by atoms with E-state index in [1.165, 1.54) is 218 Å². The van der Waals surface area contributed by atoms with Crippen LogP contribution < -0.4 is 5.32 Å². The molecule has 0 rings (SSSR count). The number of allylic oxidation sites excluding steroid dienone is 3. The van der Waals surface area contributed by atoms with Crippen LogP contribution in [0.2, 0.25) is 0 Å². The highest BCUT2D eigenvalue weighted by atomic mass is 16.5. The maximum absolute atomic E-state index is 12.5. The zero-order valence-corrected chi connectivity index (χ0v) is 42.3. The summed E-state index contributed by atoms with van der Waals surface area (Å²) < 4.78 is 5.47. The van der Waals surface area contributed by atoms with Crippen LogP contribution in [0.5, 0.6) is 0 Å². The molecule has 0 radical (unpaired) electrons. The molecule has 0 saturated carbocycles. The number of carbonyl (C=O) groups excluding carboxylic acids is 2. The maximum atomic E-state index is 12.5. The van der Waals surface area contributed by atoms with Crippen molar-refractivity contribution >= 4 is 11.9 Å². The molecule has 0 fully saturated rings. The van der Waals surface area contributed by atoms with Crippen LogP contribution in [0.3, 0.4) is 0 Å². The highest BCUT2D eigenvalue weighted by Gasteiger charge is 2.18. The Balaban J connectivity index is 3.49. The molecule has 2 unspecified atom stereocenters. The third-order valence-corrected chi connectivity index (χ3v) is 13.0. The van der Waals surface area contributed by atoms with Crippen LogP contribution >= 0.6 is 0 Å². The van der Waals surface area contributed by atoms with Crippen LogP contribution in [0.4, 0.5) is 0 Å². The van der Waals surface area contributed by atoms with Crippen LogP contribution in [0.15, 0.2) is 24.3 Å². The molecule has 6 heteroatoms. The molecule has 0 saturated heterocycles. The van der Waals surface area contributed by atoms with E-state index in [0.29, 0.717) is 19.4 Å². The summed E-state index contributed by atoms with van der Waals surface area (Å²) >= 11 is 0. The second-order valence-corrected chi connectivity index (χ2v) is 19.3. The summed E-state index contributed by atoms with van der Waals surface area (Å²) in [6, 6.07) is -0.645. The quantitative estimate of drug-likeness (QED) is 0.0321. The SMILES string of the molecule is CCCCCCCC/C=C\CCCCCCCCCCCC(=O)OCCCCCCCCCCCCC(=O)NC(CO)C(O)/C=C/CCCCCCCCCCCCCCCCC. The number of ether oxygens (including phenoxy) is 1. The summed E-state index contributed by atoms with van der Waals surface area (Å²) in [5.41, 5.74) is 0. The number of aliphatic hydroxyl groups is 2. The lowest BCUT2D eigenvalue weighted by Gasteiger charge is -2.20. The van der Waals surface area contributed by atoms with Gasteiger partial charge < -0.3 is 20.3 Å². The molecule has 0 aromatic rings. The molecule has 3 N–H and O–H groups in total. The van der Waals surface area contributed by atoms with Gasteiger partial charge in [-0.1, -0.05) is 256 Å². The third-order valence-electron chi connectivity index (χ3n) is 13.0. The number of carbonyl (C=O) groups is 2. The van der Waals surface area contributed by atoms with Gasteiger partial charge >= 0.3 is 5.97 Å². The smallest absolute Gasteiger partial charge is 0.305 e. The standard InChI is InChI=1S/C57H109NO5/c1-3-5-7-9-11-13-15-17-19-21-22-24-26-28-30-35-39-43-47-51-57(62)63-52-48-44-40-36-32-31-34-38-42-46-50-56(61)58-54(53-59)55(60)49-45-41-37-33-29-27-25-23-20-18-16-14-12-10-8-6-4-2/h17,19,45,49,54-55,59-60H,3-16,18,20-44,46-48,50-53H2,1-2H3,(H,58,61)/b19-17-,49-45+. The molecule has 0 aliphatic rings. The maximum Gasteiger partial charge on any atom is 0.305 e. The van der Waals surface area contributed by atoms with E-state index in [0.717, 1.165) is 57.8 Å². The Morgan fingerprint density at radius 1 is 0.429 bits per heavy atom. The van der Waals surface area contributed by atoms with Crippen molar-refractivity contribution in [2.75, 3.05) is 13.2 Å². The van der Waals surface area contributed by atoms with Crippen molar-refractivity contribution in [1.82, 2.24) is 5.32 Å². The molecule has 2 atom stereocenters. The number of nitrogens with one attached hydrogen (secondary N) is 1. The molecular weight excluding hydrogens is 779 g/mol. The normalized spacial score (nSPS) is 12.8. The lowest BCUT2D eigenvalue weighted by Crippen LogP contribution is -2.45. The van der Waals surface area contributed by atoms with Crippen molar-refractivity contribution < 1.29 is 24.5 Å². The van der Waals surface area contributed by atoms with Gasteiger partial charge in [0.15, 0.2) is 0 Å². The second kappa shape index (κ2) is 53.0. The molecule has 0 bridgehead atoms. The monoisotopic (exact) mass is 888 g/mol. The second-order valence-electron chi connectivity index (χ2n) is 19.3. The summed E-state index contributed by atoms with van der Waals surface area (Å²) in [6.07, 6.45) is 63.3. The number of hydrogen-bond donors (Lipinski definition) is 3. The average molecular weight is 889 g/mol. The van der Waals surface area contributed by atoms with E-state index in [4.69, 9.17) is 4.74 Å². The van der Waals surface area contributed by atoms with Crippen molar-refractivity contribution in [1.29, 1.82) is 0 Å². The first-order chi connectivity index (χ1) is 31.0. The van der Waals surface area contributed by atoms with E-state index in [9.17, 15) is 19.8 Å². The van der Waals surface area contributed by atoms with Gasteiger partial charge in [0.25, 0.3) is 0 Å². The molecular formula is C57H109NO5. The molecule has 0 aromatic carbocycles. The van der Waals surface area contributed by atoms with E-state index in [2.05, 4.69) is 31.3 Å². The average Bonchev–Trinajstić information content (AvgIpc) is 3.28. The van der Waals surface area contributed by atoms with Gasteiger partial charge in [0, 0.05) is 12.8 Å². The number of amides is 1. The van der Waals surface area contributed by atoms with E-state index in [1.54, 1.807) is 6.08 Å². The molecule has 63 heavy (non-hydrogen) atoms. The van der Waals surface area contributed by atoms with Crippen molar-refractivity contribution in [2.24, 2.45) is 0 Å². The minimum absolute atomic E-state index is 0.0210. The summed E-state index contributed by atoms with van der Waals surface area (Å²) in [5.74, 6) is -0.110. The Bertz CT molecular complexity index is 982. The molecule has 0 spiro atoms. The molecule has 0 aliphatic carbocycles. The minimum Gasteiger partial charge on any atom is -0.466 e. The van der Waals surface area contributed by atoms with Crippen LogP contribution in [-0.4, -0.2) is 47.4 Å². The Hall–Kier alpha value is -1.66. The van der Waals surface area contributed by atoms with Crippen molar-refractivity contribution in [2.45, 2.75) is 315 Å². The summed E-state index contributed by atoms with van der Waals surface area (Å²) in [5, 5.41) is 23.1. The fraction of sp³-hybridized carbons (Fsp3) is 0.895. The minimum atomic E-state index is -0.859. The summed E-state index contributed by atoms with van der Waals surface area (Å²) in [4.78, 5) is 24.5.